The minimum Gasteiger partial charge on any atom is -0.504 e. The molecule has 1 saturated heterocycles. The van der Waals surface area contributed by atoms with Gasteiger partial charge >= 0.3 is 11.9 Å². The first kappa shape index (κ1) is 17.2. The predicted octanol–water partition coefficient (Wildman–Crippen LogP) is 0.137. The van der Waals surface area contributed by atoms with Crippen LogP contribution in [-0.2, 0) is 19.1 Å². The van der Waals surface area contributed by atoms with Gasteiger partial charge in [0.25, 0.3) is 0 Å². The summed E-state index contributed by atoms with van der Waals surface area (Å²) in [5.41, 5.74) is -1.13. The Hall–Kier alpha value is -2.58. The molecule has 0 spiro atoms. The van der Waals surface area contributed by atoms with Gasteiger partial charge in [-0.15, -0.1) is 0 Å². The summed E-state index contributed by atoms with van der Waals surface area (Å²) in [6.07, 6.45) is -0.735. The number of esters is 2. The van der Waals surface area contributed by atoms with Crippen molar-refractivity contribution >= 4 is 18.0 Å². The van der Waals surface area contributed by atoms with Crippen LogP contribution in [0.25, 0.3) is 6.08 Å². The molecular formula is C17H18O8. The third kappa shape index (κ3) is 3.31. The average Bonchev–Trinajstić information content (AvgIpc) is 2.83. The van der Waals surface area contributed by atoms with Crippen LogP contribution in [0.3, 0.4) is 0 Å². The molecule has 0 radical (unpaired) electrons. The first-order valence-electron chi connectivity index (χ1n) is 7.69. The number of phenolic OH excluding ortho intramolecular Hbond substituents is 1. The van der Waals surface area contributed by atoms with Crippen LogP contribution in [0.5, 0.6) is 11.5 Å². The summed E-state index contributed by atoms with van der Waals surface area (Å²) in [5, 5.41) is 29.8. The zero-order valence-corrected chi connectivity index (χ0v) is 13.4. The summed E-state index contributed by atoms with van der Waals surface area (Å²) in [7, 11) is 1.41. The van der Waals surface area contributed by atoms with Gasteiger partial charge in [0.05, 0.1) is 7.11 Å². The first-order valence-corrected chi connectivity index (χ1v) is 7.69. The van der Waals surface area contributed by atoms with Gasteiger partial charge < -0.3 is 29.5 Å². The van der Waals surface area contributed by atoms with Crippen LogP contribution in [-0.4, -0.2) is 58.3 Å². The Kier molecular flexibility index (Phi) is 4.40. The summed E-state index contributed by atoms with van der Waals surface area (Å²) in [5.74, 6) is -1.32. The largest absolute Gasteiger partial charge is 0.504 e. The maximum Gasteiger partial charge on any atom is 0.338 e. The van der Waals surface area contributed by atoms with Crippen LogP contribution < -0.4 is 4.74 Å². The molecule has 1 heterocycles. The summed E-state index contributed by atoms with van der Waals surface area (Å²) in [6.45, 7) is 0. The highest BCUT2D eigenvalue weighted by molar-refractivity contribution is 5.87. The highest BCUT2D eigenvalue weighted by atomic mass is 16.6. The highest BCUT2D eigenvalue weighted by Crippen LogP contribution is 2.39. The van der Waals surface area contributed by atoms with Crippen molar-refractivity contribution in [1.29, 1.82) is 0 Å². The Labute approximate surface area is 143 Å². The first-order chi connectivity index (χ1) is 11.8. The Bertz CT molecular complexity index is 727. The van der Waals surface area contributed by atoms with E-state index in [0.717, 1.165) is 6.08 Å². The van der Waals surface area contributed by atoms with Crippen molar-refractivity contribution in [2.75, 3.05) is 7.11 Å². The van der Waals surface area contributed by atoms with Crippen molar-refractivity contribution < 1.29 is 39.1 Å². The van der Waals surface area contributed by atoms with E-state index in [0.29, 0.717) is 5.56 Å². The van der Waals surface area contributed by atoms with E-state index in [1.165, 1.54) is 25.3 Å². The highest BCUT2D eigenvalue weighted by Gasteiger charge is 2.58. The Balaban J connectivity index is 1.65. The number of ether oxygens (including phenoxy) is 3. The van der Waals surface area contributed by atoms with Crippen molar-refractivity contribution in [1.82, 2.24) is 0 Å². The average molecular weight is 350 g/mol. The molecule has 0 amide bonds. The lowest BCUT2D eigenvalue weighted by atomic mass is 9.82. The van der Waals surface area contributed by atoms with E-state index in [-0.39, 0.29) is 24.3 Å². The second kappa shape index (κ2) is 6.38. The maximum absolute atomic E-state index is 12.0. The third-order valence-electron chi connectivity index (χ3n) is 4.36. The van der Waals surface area contributed by atoms with E-state index in [1.807, 2.05) is 0 Å². The van der Waals surface area contributed by atoms with Crippen LogP contribution in [0.2, 0.25) is 0 Å². The number of aromatic hydroxyl groups is 1. The van der Waals surface area contributed by atoms with Gasteiger partial charge in [-0.2, -0.15) is 0 Å². The molecule has 8 heteroatoms. The van der Waals surface area contributed by atoms with Crippen molar-refractivity contribution in [3.05, 3.63) is 29.8 Å². The number of aliphatic hydroxyl groups is 2. The number of fused-ring (bicyclic) bond motifs is 2. The SMILES string of the molecule is COc1cc(/C=C/C(=O)OC2C[C@]3(O)CC(OC3=O)[C@@H]2O)ccc1O. The maximum atomic E-state index is 12.0. The predicted molar refractivity (Wildman–Crippen MR) is 83.6 cm³/mol. The van der Waals surface area contributed by atoms with Crippen molar-refractivity contribution in [3.63, 3.8) is 0 Å². The zero-order valence-electron chi connectivity index (χ0n) is 13.4. The topological polar surface area (TPSA) is 123 Å². The molecule has 1 aliphatic heterocycles. The fourth-order valence-corrected chi connectivity index (χ4v) is 3.02. The monoisotopic (exact) mass is 350 g/mol. The van der Waals surface area contributed by atoms with Crippen LogP contribution in [0.4, 0.5) is 0 Å². The number of benzene rings is 1. The molecule has 1 saturated carbocycles. The number of hydrogen-bond donors (Lipinski definition) is 3. The number of carbonyl (C=O) groups is 2. The van der Waals surface area contributed by atoms with Crippen molar-refractivity contribution in [2.45, 2.75) is 36.8 Å². The molecule has 2 bridgehead atoms. The minimum absolute atomic E-state index is 0.00973. The van der Waals surface area contributed by atoms with E-state index in [9.17, 15) is 24.9 Å². The fraction of sp³-hybridized carbons (Fsp3) is 0.412. The van der Waals surface area contributed by atoms with Gasteiger partial charge in [0, 0.05) is 18.9 Å². The Morgan fingerprint density at radius 1 is 1.40 bits per heavy atom. The number of phenols is 1. The van der Waals surface area contributed by atoms with Gasteiger partial charge in [-0.3, -0.25) is 0 Å². The molecule has 8 nitrogen and oxygen atoms in total. The number of methoxy groups -OCH3 is 1. The van der Waals surface area contributed by atoms with E-state index in [4.69, 9.17) is 14.2 Å². The van der Waals surface area contributed by atoms with Crippen LogP contribution in [0.1, 0.15) is 18.4 Å². The zero-order chi connectivity index (χ0) is 18.2. The number of rotatable bonds is 4. The number of hydrogen-bond acceptors (Lipinski definition) is 8. The molecule has 3 rings (SSSR count). The third-order valence-corrected chi connectivity index (χ3v) is 4.36. The van der Waals surface area contributed by atoms with Crippen LogP contribution >= 0.6 is 0 Å². The van der Waals surface area contributed by atoms with Crippen LogP contribution in [0.15, 0.2) is 24.3 Å². The molecule has 1 aromatic carbocycles. The molecule has 4 atom stereocenters. The molecule has 0 aromatic heterocycles. The lowest BCUT2D eigenvalue weighted by molar-refractivity contribution is -0.162. The smallest absolute Gasteiger partial charge is 0.338 e. The summed E-state index contributed by atoms with van der Waals surface area (Å²) >= 11 is 0. The number of carbonyl (C=O) groups excluding carboxylic acids is 2. The lowest BCUT2D eigenvalue weighted by Gasteiger charge is -2.32. The van der Waals surface area contributed by atoms with Crippen LogP contribution in [0, 0.1) is 0 Å². The van der Waals surface area contributed by atoms with E-state index in [1.54, 1.807) is 6.07 Å². The van der Waals surface area contributed by atoms with Crippen molar-refractivity contribution in [2.24, 2.45) is 0 Å². The molecule has 2 fully saturated rings. The van der Waals surface area contributed by atoms with Gasteiger partial charge in [0.2, 0.25) is 0 Å². The standard InChI is InChI=1S/C17H18O8/c1-23-11-6-9(2-4-10(11)18)3-5-14(19)24-12-7-17(22)8-13(15(12)20)25-16(17)21/h2-6,12-13,15,18,20,22H,7-8H2,1H3/b5-3+/t12?,13?,15-,17+/m1/s1. The molecule has 1 aliphatic carbocycles. The second-order valence-electron chi connectivity index (χ2n) is 6.11. The summed E-state index contributed by atoms with van der Waals surface area (Å²) < 4.78 is 15.0. The Morgan fingerprint density at radius 2 is 2.16 bits per heavy atom. The normalized spacial score (nSPS) is 31.0. The van der Waals surface area contributed by atoms with Gasteiger partial charge in [-0.25, -0.2) is 9.59 Å². The molecule has 25 heavy (non-hydrogen) atoms. The molecule has 3 N–H and O–H groups in total. The van der Waals surface area contributed by atoms with Gasteiger partial charge in [0.15, 0.2) is 17.1 Å². The molecule has 2 unspecified atom stereocenters. The molecule has 2 aliphatic rings. The molecular weight excluding hydrogens is 332 g/mol. The minimum atomic E-state index is -1.72. The Morgan fingerprint density at radius 3 is 2.88 bits per heavy atom. The summed E-state index contributed by atoms with van der Waals surface area (Å²) in [4.78, 5) is 23.5. The molecule has 1 aromatic rings. The van der Waals surface area contributed by atoms with E-state index < -0.39 is 35.9 Å². The number of aliphatic hydroxyl groups excluding tert-OH is 1. The van der Waals surface area contributed by atoms with Gasteiger partial charge in [-0.05, 0) is 23.8 Å². The summed E-state index contributed by atoms with van der Waals surface area (Å²) in [6, 6.07) is 4.53. The van der Waals surface area contributed by atoms with E-state index in [2.05, 4.69) is 0 Å². The lowest BCUT2D eigenvalue weighted by Crippen LogP contribution is -2.50. The van der Waals surface area contributed by atoms with Gasteiger partial charge in [-0.1, -0.05) is 6.07 Å². The van der Waals surface area contributed by atoms with Gasteiger partial charge in [0.1, 0.15) is 18.3 Å². The quantitative estimate of drug-likeness (QED) is 0.518. The molecule has 134 valence electrons. The fourth-order valence-electron chi connectivity index (χ4n) is 3.02. The van der Waals surface area contributed by atoms with E-state index >= 15 is 0 Å². The van der Waals surface area contributed by atoms with Crippen molar-refractivity contribution in [3.8, 4) is 11.5 Å². The second-order valence-corrected chi connectivity index (χ2v) is 6.11.